The summed E-state index contributed by atoms with van der Waals surface area (Å²) in [6.45, 7) is 0. The number of rotatable bonds is 2. The molecule has 0 spiro atoms. The number of hydrogen-bond acceptors (Lipinski definition) is 2. The Balaban J connectivity index is 2.75. The third-order valence-corrected chi connectivity index (χ3v) is 4.51. The Morgan fingerprint density at radius 1 is 1.17 bits per heavy atom. The monoisotopic (exact) mass is 286 g/mol. The summed E-state index contributed by atoms with van der Waals surface area (Å²) in [6.07, 6.45) is 0. The van der Waals surface area contributed by atoms with Gasteiger partial charge in [-0.25, -0.2) is 0 Å². The first-order valence-electron chi connectivity index (χ1n) is 1.63. The van der Waals surface area contributed by atoms with E-state index in [4.69, 9.17) is 5.63 Å². The molecule has 0 radical (unpaired) electrons. The van der Waals surface area contributed by atoms with Gasteiger partial charge < -0.3 is 0 Å². The van der Waals surface area contributed by atoms with Crippen molar-refractivity contribution < 1.29 is 5.63 Å². The second-order valence-corrected chi connectivity index (χ2v) is 7.06. The molecule has 38 valence electrons. The molecule has 0 unspecified atom stereocenters. The van der Waals surface area contributed by atoms with Crippen molar-refractivity contribution >= 4 is 22.6 Å². The Kier molecular flexibility index (Phi) is 4.51. The zero-order valence-corrected chi connectivity index (χ0v) is 7.74. The van der Waals surface area contributed by atoms with Crippen LogP contribution in [0.5, 0.6) is 0 Å². The summed E-state index contributed by atoms with van der Waals surface area (Å²) in [7, 11) is 3.39. The molecule has 0 aliphatic rings. The van der Waals surface area contributed by atoms with Gasteiger partial charge in [-0.1, -0.05) is 0 Å². The summed E-state index contributed by atoms with van der Waals surface area (Å²) in [5, 5.41) is 0. The van der Waals surface area contributed by atoms with Crippen LogP contribution in [0.2, 0.25) is 4.63 Å². The fourth-order valence-corrected chi connectivity index (χ4v) is 0.654. The standard InChI is InChI=1S/2CH3O.CH3.Bi/c2*1-2;;/h2*1H3;1H3;/q2*-1;;+2. The predicted octanol–water partition coefficient (Wildman–Crippen LogP) is 0.397. The van der Waals surface area contributed by atoms with Crippen LogP contribution >= 0.6 is 0 Å². The van der Waals surface area contributed by atoms with E-state index in [1.807, 2.05) is 4.63 Å². The second-order valence-electron chi connectivity index (χ2n) is 0.805. The average Bonchev–Trinajstić information content (AvgIpc) is 1.65. The van der Waals surface area contributed by atoms with Crippen LogP contribution in [0.1, 0.15) is 0 Å². The van der Waals surface area contributed by atoms with Gasteiger partial charge in [-0.2, -0.15) is 0 Å². The maximum absolute atomic E-state index is 4.88. The van der Waals surface area contributed by atoms with E-state index in [1.165, 1.54) is 0 Å². The average molecular weight is 286 g/mol. The van der Waals surface area contributed by atoms with Gasteiger partial charge in [0.25, 0.3) is 0 Å². The van der Waals surface area contributed by atoms with Crippen molar-refractivity contribution in [3.63, 3.8) is 0 Å². The molecule has 0 aromatic carbocycles. The van der Waals surface area contributed by atoms with E-state index in [9.17, 15) is 0 Å². The minimum absolute atomic E-state index is 1.67. The fourth-order valence-electron chi connectivity index (χ4n) is 0.0745. The van der Waals surface area contributed by atoms with Crippen LogP contribution in [-0.2, 0) is 5.63 Å². The SMILES string of the molecule is C[O][Bi]([CH3])[O]C. The van der Waals surface area contributed by atoms with Gasteiger partial charge in [-0.3, -0.25) is 0 Å². The normalized spacial score (nSPS) is 10.0. The Morgan fingerprint density at radius 3 is 1.50 bits per heavy atom. The van der Waals surface area contributed by atoms with Crippen LogP contribution < -0.4 is 0 Å². The summed E-state index contributed by atoms with van der Waals surface area (Å²) in [5.41, 5.74) is 0. The van der Waals surface area contributed by atoms with Crippen LogP contribution in [0.25, 0.3) is 0 Å². The molecule has 0 N–H and O–H groups in total. The fraction of sp³-hybridized carbons (Fsp3) is 1.00. The van der Waals surface area contributed by atoms with Crippen LogP contribution in [0.15, 0.2) is 0 Å². The quantitative estimate of drug-likeness (QED) is 0.684. The van der Waals surface area contributed by atoms with Crippen LogP contribution in [0, 0.1) is 0 Å². The van der Waals surface area contributed by atoms with Gasteiger partial charge in [0.2, 0.25) is 0 Å². The minimum atomic E-state index is -1.67. The van der Waals surface area contributed by atoms with E-state index in [2.05, 4.69) is 0 Å². The topological polar surface area (TPSA) is 18.5 Å². The first-order valence-corrected chi connectivity index (χ1v) is 7.94. The molecule has 0 saturated heterocycles. The molecule has 0 fully saturated rings. The van der Waals surface area contributed by atoms with Crippen molar-refractivity contribution in [3.05, 3.63) is 0 Å². The Hall–Kier alpha value is 0.803. The molecule has 2 nitrogen and oxygen atoms in total. The van der Waals surface area contributed by atoms with Crippen molar-refractivity contribution in [3.8, 4) is 0 Å². The van der Waals surface area contributed by atoms with Crippen LogP contribution in [0.4, 0.5) is 0 Å². The van der Waals surface area contributed by atoms with Crippen molar-refractivity contribution in [1.82, 2.24) is 0 Å². The first-order chi connectivity index (χ1) is 2.81. The Morgan fingerprint density at radius 2 is 1.50 bits per heavy atom. The molecule has 0 aromatic rings. The van der Waals surface area contributed by atoms with E-state index in [-0.39, 0.29) is 0 Å². The summed E-state index contributed by atoms with van der Waals surface area (Å²) in [6, 6.07) is 0. The molecule has 0 saturated carbocycles. The van der Waals surface area contributed by atoms with Crippen molar-refractivity contribution in [1.29, 1.82) is 0 Å². The van der Waals surface area contributed by atoms with E-state index in [1.54, 1.807) is 14.2 Å². The second kappa shape index (κ2) is 3.98. The third-order valence-electron chi connectivity index (χ3n) is 0.514. The molecule has 0 aromatic heterocycles. The molecule has 0 aliphatic heterocycles. The first kappa shape index (κ1) is 6.80. The van der Waals surface area contributed by atoms with Gasteiger partial charge in [-0.15, -0.1) is 0 Å². The van der Waals surface area contributed by atoms with Gasteiger partial charge in [0.15, 0.2) is 0 Å². The van der Waals surface area contributed by atoms with E-state index >= 15 is 0 Å². The predicted molar refractivity (Wildman–Crippen MR) is 25.6 cm³/mol. The molecule has 6 heavy (non-hydrogen) atoms. The summed E-state index contributed by atoms with van der Waals surface area (Å²) in [5.74, 6) is 0. The zero-order chi connectivity index (χ0) is 4.99. The third kappa shape index (κ3) is 3.01. The van der Waals surface area contributed by atoms with E-state index in [0.29, 0.717) is 0 Å². The summed E-state index contributed by atoms with van der Waals surface area (Å²) in [4.78, 5) is 0. The summed E-state index contributed by atoms with van der Waals surface area (Å²) < 4.78 is 11.8. The van der Waals surface area contributed by atoms with Crippen LogP contribution in [0.3, 0.4) is 0 Å². The zero-order valence-electron chi connectivity index (χ0n) is 4.26. The van der Waals surface area contributed by atoms with Gasteiger partial charge in [0.05, 0.1) is 0 Å². The molecule has 0 rings (SSSR count). The van der Waals surface area contributed by atoms with Crippen molar-refractivity contribution in [2.24, 2.45) is 0 Å². The Bertz CT molecular complexity index is 28.0. The molecular formula is C3H9BiO2. The van der Waals surface area contributed by atoms with Gasteiger partial charge in [0, 0.05) is 0 Å². The molecule has 0 aliphatic carbocycles. The molecule has 3 heteroatoms. The van der Waals surface area contributed by atoms with Crippen molar-refractivity contribution in [2.45, 2.75) is 4.63 Å². The van der Waals surface area contributed by atoms with Crippen molar-refractivity contribution in [2.75, 3.05) is 14.2 Å². The molecule has 0 amide bonds. The number of hydrogen-bond donors (Lipinski definition) is 0. The van der Waals surface area contributed by atoms with Gasteiger partial charge >= 0.3 is 47.1 Å². The molecule has 0 bridgehead atoms. The van der Waals surface area contributed by atoms with Gasteiger partial charge in [0.1, 0.15) is 0 Å². The van der Waals surface area contributed by atoms with E-state index in [0.717, 1.165) is 0 Å². The maximum atomic E-state index is 4.88. The molecular weight excluding hydrogens is 277 g/mol. The molecule has 0 heterocycles. The van der Waals surface area contributed by atoms with Crippen LogP contribution in [-0.4, -0.2) is 36.9 Å². The molecule has 0 atom stereocenters. The van der Waals surface area contributed by atoms with E-state index < -0.39 is 22.6 Å². The summed E-state index contributed by atoms with van der Waals surface area (Å²) >= 11 is -1.67. The Labute approximate surface area is 47.4 Å². The van der Waals surface area contributed by atoms with Gasteiger partial charge in [-0.05, 0) is 0 Å².